The van der Waals surface area contributed by atoms with Gasteiger partial charge in [0.25, 0.3) is 0 Å². The van der Waals surface area contributed by atoms with Gasteiger partial charge in [0.15, 0.2) is 12.4 Å². The third-order valence-electron chi connectivity index (χ3n) is 4.94. The van der Waals surface area contributed by atoms with Crippen molar-refractivity contribution in [1.82, 2.24) is 0 Å². The number of hydrogen-bond donors (Lipinski definition) is 0. The van der Waals surface area contributed by atoms with Crippen LogP contribution >= 0.6 is 15.9 Å². The molecular weight excluding hydrogens is 476 g/mol. The summed E-state index contributed by atoms with van der Waals surface area (Å²) in [5, 5.41) is 0.705. The molecule has 0 spiro atoms. The standard InChI is InChI=1S/C25H19BrO6/c1-29-18-9-10-23(30-2)20(12-18)21-11-16-5-8-19(13-24(16)32-25(21)28)31-14-22(27)15-3-6-17(26)7-4-15/h3-13H,14H2,1-2H3. The number of hydrogen-bond acceptors (Lipinski definition) is 6. The Morgan fingerprint density at radius 2 is 1.62 bits per heavy atom. The summed E-state index contributed by atoms with van der Waals surface area (Å²) in [7, 11) is 3.09. The topological polar surface area (TPSA) is 75.0 Å². The summed E-state index contributed by atoms with van der Waals surface area (Å²) in [6.45, 7) is -0.129. The first-order valence-corrected chi connectivity index (χ1v) is 10.5. The fourth-order valence-electron chi connectivity index (χ4n) is 3.26. The maximum Gasteiger partial charge on any atom is 0.344 e. The van der Waals surface area contributed by atoms with Gasteiger partial charge in [-0.1, -0.05) is 28.1 Å². The lowest BCUT2D eigenvalue weighted by Gasteiger charge is -2.11. The second-order valence-electron chi connectivity index (χ2n) is 6.93. The molecule has 162 valence electrons. The number of carbonyl (C=O) groups excluding carboxylic acids is 1. The average Bonchev–Trinajstić information content (AvgIpc) is 2.82. The minimum absolute atomic E-state index is 0.129. The fourth-order valence-corrected chi connectivity index (χ4v) is 3.53. The van der Waals surface area contributed by atoms with Gasteiger partial charge in [-0.3, -0.25) is 4.79 Å². The summed E-state index contributed by atoms with van der Waals surface area (Å²) in [5.74, 6) is 1.40. The zero-order chi connectivity index (χ0) is 22.7. The Kier molecular flexibility index (Phi) is 6.28. The van der Waals surface area contributed by atoms with E-state index in [1.807, 2.05) is 0 Å². The molecule has 4 rings (SSSR count). The summed E-state index contributed by atoms with van der Waals surface area (Å²) in [6.07, 6.45) is 0. The molecule has 0 N–H and O–H groups in total. The molecule has 1 heterocycles. The minimum Gasteiger partial charge on any atom is -0.497 e. The molecule has 0 aliphatic carbocycles. The molecule has 0 aliphatic heterocycles. The first kappa shape index (κ1) is 21.6. The van der Waals surface area contributed by atoms with Gasteiger partial charge in [0.05, 0.1) is 19.8 Å². The van der Waals surface area contributed by atoms with E-state index < -0.39 is 5.63 Å². The van der Waals surface area contributed by atoms with Crippen molar-refractivity contribution in [3.05, 3.63) is 87.2 Å². The number of rotatable bonds is 7. The summed E-state index contributed by atoms with van der Waals surface area (Å²) >= 11 is 3.34. The molecule has 0 saturated carbocycles. The number of fused-ring (bicyclic) bond motifs is 1. The Morgan fingerprint density at radius 1 is 0.875 bits per heavy atom. The first-order chi connectivity index (χ1) is 15.5. The molecule has 0 aliphatic rings. The van der Waals surface area contributed by atoms with Crippen molar-refractivity contribution in [2.24, 2.45) is 0 Å². The molecule has 0 bridgehead atoms. The van der Waals surface area contributed by atoms with Gasteiger partial charge in [-0.05, 0) is 48.5 Å². The molecule has 0 saturated heterocycles. The van der Waals surface area contributed by atoms with E-state index in [-0.39, 0.29) is 12.4 Å². The fraction of sp³-hybridized carbons (Fsp3) is 0.120. The third-order valence-corrected chi connectivity index (χ3v) is 5.47. The predicted molar refractivity (Wildman–Crippen MR) is 125 cm³/mol. The van der Waals surface area contributed by atoms with Crippen molar-refractivity contribution >= 4 is 32.7 Å². The van der Waals surface area contributed by atoms with E-state index in [9.17, 15) is 9.59 Å². The number of methoxy groups -OCH3 is 2. The van der Waals surface area contributed by atoms with Crippen LogP contribution in [-0.4, -0.2) is 26.6 Å². The molecule has 0 atom stereocenters. The van der Waals surface area contributed by atoms with Gasteiger partial charge >= 0.3 is 5.63 Å². The summed E-state index contributed by atoms with van der Waals surface area (Å²) < 4.78 is 22.7. The van der Waals surface area contributed by atoms with Crippen LogP contribution in [0.25, 0.3) is 22.1 Å². The second kappa shape index (κ2) is 9.28. The van der Waals surface area contributed by atoms with Crippen LogP contribution in [0.2, 0.25) is 0 Å². The first-order valence-electron chi connectivity index (χ1n) is 9.70. The predicted octanol–water partition coefficient (Wildman–Crippen LogP) is 5.50. The van der Waals surface area contributed by atoms with E-state index in [0.717, 1.165) is 4.47 Å². The molecule has 3 aromatic carbocycles. The zero-order valence-electron chi connectivity index (χ0n) is 17.4. The molecule has 0 amide bonds. The molecule has 0 fully saturated rings. The Balaban J connectivity index is 1.61. The Labute approximate surface area is 192 Å². The van der Waals surface area contributed by atoms with Crippen LogP contribution in [0.5, 0.6) is 17.2 Å². The normalized spacial score (nSPS) is 10.7. The molecular formula is C25H19BrO6. The maximum absolute atomic E-state index is 12.7. The maximum atomic E-state index is 12.7. The van der Waals surface area contributed by atoms with Gasteiger partial charge in [0, 0.05) is 27.1 Å². The van der Waals surface area contributed by atoms with Crippen LogP contribution in [0.1, 0.15) is 10.4 Å². The van der Waals surface area contributed by atoms with Gasteiger partial charge in [0.1, 0.15) is 22.8 Å². The molecule has 4 aromatic rings. The van der Waals surface area contributed by atoms with Gasteiger partial charge in [-0.2, -0.15) is 0 Å². The van der Waals surface area contributed by atoms with Gasteiger partial charge in [0.2, 0.25) is 0 Å². The van der Waals surface area contributed by atoms with E-state index in [1.165, 1.54) is 7.11 Å². The number of carbonyl (C=O) groups is 1. The van der Waals surface area contributed by atoms with Crippen molar-refractivity contribution in [2.45, 2.75) is 0 Å². The Hall–Kier alpha value is -3.58. The zero-order valence-corrected chi connectivity index (χ0v) is 19.0. The van der Waals surface area contributed by atoms with Crippen LogP contribution in [-0.2, 0) is 0 Å². The number of ether oxygens (including phenoxy) is 3. The summed E-state index contributed by atoms with van der Waals surface area (Å²) in [6, 6.07) is 19.1. The highest BCUT2D eigenvalue weighted by atomic mass is 79.9. The molecule has 0 unspecified atom stereocenters. The lowest BCUT2D eigenvalue weighted by atomic mass is 10.0. The average molecular weight is 495 g/mol. The molecule has 32 heavy (non-hydrogen) atoms. The number of benzene rings is 3. The lowest BCUT2D eigenvalue weighted by molar-refractivity contribution is 0.0921. The lowest BCUT2D eigenvalue weighted by Crippen LogP contribution is -2.11. The Morgan fingerprint density at radius 3 is 2.34 bits per heavy atom. The highest BCUT2D eigenvalue weighted by Crippen LogP contribution is 2.33. The highest BCUT2D eigenvalue weighted by Gasteiger charge is 2.15. The van der Waals surface area contributed by atoms with Crippen LogP contribution in [0.4, 0.5) is 0 Å². The van der Waals surface area contributed by atoms with E-state index in [2.05, 4.69) is 15.9 Å². The molecule has 7 heteroatoms. The number of Topliss-reactive ketones (excluding diaryl/α,β-unsaturated/α-hetero) is 1. The number of halogens is 1. The van der Waals surface area contributed by atoms with Gasteiger partial charge in [-0.15, -0.1) is 0 Å². The van der Waals surface area contributed by atoms with Crippen molar-refractivity contribution in [2.75, 3.05) is 20.8 Å². The quantitative estimate of drug-likeness (QED) is 0.249. The monoisotopic (exact) mass is 494 g/mol. The van der Waals surface area contributed by atoms with E-state index in [1.54, 1.807) is 73.8 Å². The summed E-state index contributed by atoms with van der Waals surface area (Å²) in [5.41, 5.74) is 1.31. The van der Waals surface area contributed by atoms with Crippen molar-refractivity contribution in [3.63, 3.8) is 0 Å². The van der Waals surface area contributed by atoms with Crippen molar-refractivity contribution in [3.8, 4) is 28.4 Å². The highest BCUT2D eigenvalue weighted by molar-refractivity contribution is 9.10. The van der Waals surface area contributed by atoms with E-state index in [0.29, 0.717) is 44.9 Å². The van der Waals surface area contributed by atoms with Gasteiger partial charge < -0.3 is 18.6 Å². The second-order valence-corrected chi connectivity index (χ2v) is 7.85. The minimum atomic E-state index is -0.521. The van der Waals surface area contributed by atoms with Crippen molar-refractivity contribution in [1.29, 1.82) is 0 Å². The number of ketones is 1. The smallest absolute Gasteiger partial charge is 0.344 e. The Bertz CT molecular complexity index is 1340. The van der Waals surface area contributed by atoms with E-state index >= 15 is 0 Å². The summed E-state index contributed by atoms with van der Waals surface area (Å²) in [4.78, 5) is 25.1. The molecule has 1 aromatic heterocycles. The van der Waals surface area contributed by atoms with Crippen molar-refractivity contribution < 1.29 is 23.4 Å². The molecule has 6 nitrogen and oxygen atoms in total. The van der Waals surface area contributed by atoms with Crippen LogP contribution in [0.3, 0.4) is 0 Å². The van der Waals surface area contributed by atoms with E-state index in [4.69, 9.17) is 18.6 Å². The largest absolute Gasteiger partial charge is 0.497 e. The van der Waals surface area contributed by atoms with Crippen LogP contribution < -0.4 is 19.8 Å². The van der Waals surface area contributed by atoms with Crippen LogP contribution in [0.15, 0.2) is 80.4 Å². The third kappa shape index (κ3) is 4.53. The molecule has 0 radical (unpaired) electrons. The SMILES string of the molecule is COc1ccc(OC)c(-c2cc3ccc(OCC(=O)c4ccc(Br)cc4)cc3oc2=O)c1. The van der Waals surface area contributed by atoms with Gasteiger partial charge in [-0.25, -0.2) is 4.79 Å². The van der Waals surface area contributed by atoms with Crippen LogP contribution in [0, 0.1) is 0 Å².